The molecule has 0 aliphatic carbocycles. The van der Waals surface area contributed by atoms with Crippen molar-refractivity contribution >= 4 is 34.7 Å². The van der Waals surface area contributed by atoms with Crippen molar-refractivity contribution in [3.8, 4) is 5.75 Å². The lowest BCUT2D eigenvalue weighted by atomic mass is 10.2. The summed E-state index contributed by atoms with van der Waals surface area (Å²) in [5.41, 5.74) is 0.826. The molecule has 1 heterocycles. The predicted molar refractivity (Wildman–Crippen MR) is 87.7 cm³/mol. The van der Waals surface area contributed by atoms with E-state index in [2.05, 4.69) is 15.4 Å². The molecule has 0 spiro atoms. The molecule has 0 fully saturated rings. The van der Waals surface area contributed by atoms with Crippen molar-refractivity contribution in [1.82, 2.24) is 5.32 Å². The molecule has 2 N–H and O–H groups in total. The van der Waals surface area contributed by atoms with Crippen LogP contribution in [0.1, 0.15) is 23.4 Å². The molecule has 1 aromatic carbocycles. The van der Waals surface area contributed by atoms with Crippen LogP contribution in [0.3, 0.4) is 0 Å². The van der Waals surface area contributed by atoms with Gasteiger partial charge in [-0.15, -0.1) is 11.3 Å². The number of alkyl halides is 2. The highest BCUT2D eigenvalue weighted by Crippen LogP contribution is 2.30. The molecule has 8 heteroatoms. The Morgan fingerprint density at radius 1 is 1.30 bits per heavy atom. The molecule has 124 valence electrons. The van der Waals surface area contributed by atoms with Gasteiger partial charge < -0.3 is 15.4 Å². The van der Waals surface area contributed by atoms with Crippen LogP contribution in [0.2, 0.25) is 4.34 Å². The van der Waals surface area contributed by atoms with E-state index < -0.39 is 12.6 Å². The first-order valence-corrected chi connectivity index (χ1v) is 7.93. The van der Waals surface area contributed by atoms with E-state index in [4.69, 9.17) is 11.6 Å². The lowest BCUT2D eigenvalue weighted by Gasteiger charge is -2.17. The van der Waals surface area contributed by atoms with Crippen LogP contribution < -0.4 is 15.4 Å². The van der Waals surface area contributed by atoms with E-state index in [0.29, 0.717) is 9.90 Å². The van der Waals surface area contributed by atoms with E-state index >= 15 is 0 Å². The molecule has 2 amide bonds. The Labute approximate surface area is 141 Å². The molecule has 0 radical (unpaired) electrons. The molecule has 0 saturated carbocycles. The third-order valence-electron chi connectivity index (χ3n) is 3.06. The number of para-hydroxylation sites is 1. The number of benzene rings is 1. The Morgan fingerprint density at radius 2 is 2.04 bits per heavy atom. The lowest BCUT2D eigenvalue weighted by molar-refractivity contribution is -0.0493. The summed E-state index contributed by atoms with van der Waals surface area (Å²) in [4.78, 5) is 13.0. The monoisotopic (exact) mass is 360 g/mol. The Bertz CT molecular complexity index is 694. The molecule has 0 saturated heterocycles. The Hall–Kier alpha value is -1.86. The molecule has 2 aromatic rings. The molecule has 0 bridgehead atoms. The maximum absolute atomic E-state index is 12.4. The van der Waals surface area contributed by atoms with E-state index in [9.17, 15) is 13.6 Å². The fraction of sp³-hybridized carbons (Fsp3) is 0.267. The molecule has 1 atom stereocenters. The number of rotatable bonds is 5. The molecule has 0 aliphatic rings. The summed E-state index contributed by atoms with van der Waals surface area (Å²) in [5.74, 6) is -0.0815. The second kappa shape index (κ2) is 7.61. The van der Waals surface area contributed by atoms with E-state index in [1.807, 2.05) is 6.07 Å². The van der Waals surface area contributed by atoms with E-state index in [-0.39, 0.29) is 17.5 Å². The number of urea groups is 1. The molecule has 0 aliphatic heterocycles. The second-order valence-electron chi connectivity index (χ2n) is 4.79. The van der Waals surface area contributed by atoms with Gasteiger partial charge in [-0.25, -0.2) is 4.79 Å². The molecule has 1 aromatic heterocycles. The first-order valence-electron chi connectivity index (χ1n) is 6.74. The average molecular weight is 361 g/mol. The largest absolute Gasteiger partial charge is 0.433 e. The minimum absolute atomic E-state index is 0.0815. The number of amides is 2. The van der Waals surface area contributed by atoms with E-state index in [0.717, 1.165) is 4.88 Å². The molecule has 23 heavy (non-hydrogen) atoms. The van der Waals surface area contributed by atoms with Crippen molar-refractivity contribution in [3.05, 3.63) is 45.1 Å². The second-order valence-corrected chi connectivity index (χ2v) is 6.54. The smallest absolute Gasteiger partial charge is 0.387 e. The van der Waals surface area contributed by atoms with Crippen molar-refractivity contribution < 1.29 is 18.3 Å². The number of nitrogens with one attached hydrogen (secondary N) is 2. The van der Waals surface area contributed by atoms with Gasteiger partial charge in [-0.3, -0.25) is 0 Å². The third kappa shape index (κ3) is 4.80. The number of carbonyl (C=O) groups excluding carboxylic acids is 1. The van der Waals surface area contributed by atoms with Crippen LogP contribution in [0, 0.1) is 6.92 Å². The predicted octanol–water partition coefficient (Wildman–Crippen LogP) is 5.19. The van der Waals surface area contributed by atoms with Gasteiger partial charge >= 0.3 is 12.6 Å². The van der Waals surface area contributed by atoms with Gasteiger partial charge in [-0.2, -0.15) is 8.78 Å². The van der Waals surface area contributed by atoms with Gasteiger partial charge in [-0.05, 0) is 37.6 Å². The zero-order valence-electron chi connectivity index (χ0n) is 12.4. The van der Waals surface area contributed by atoms with Crippen LogP contribution in [0.4, 0.5) is 19.3 Å². The number of anilines is 1. The standard InChI is InChI=1S/C15H15ClF2N2O2S/c1-8-4-3-5-10(22-14(17)18)13(8)20-15(21)19-9(2)11-6-7-12(16)23-11/h3-7,9,14H,1-2H3,(H2,19,20,21). The maximum atomic E-state index is 12.4. The minimum Gasteiger partial charge on any atom is -0.433 e. The quantitative estimate of drug-likeness (QED) is 0.770. The lowest BCUT2D eigenvalue weighted by Crippen LogP contribution is -2.31. The fourth-order valence-electron chi connectivity index (χ4n) is 1.97. The van der Waals surface area contributed by atoms with Crippen molar-refractivity contribution in [2.24, 2.45) is 0 Å². The van der Waals surface area contributed by atoms with Gasteiger partial charge in [0.15, 0.2) is 0 Å². The van der Waals surface area contributed by atoms with Gasteiger partial charge in [0.25, 0.3) is 0 Å². The summed E-state index contributed by atoms with van der Waals surface area (Å²) in [5, 5.41) is 5.28. The number of hydrogen-bond acceptors (Lipinski definition) is 3. The van der Waals surface area contributed by atoms with Crippen molar-refractivity contribution in [1.29, 1.82) is 0 Å². The highest BCUT2D eigenvalue weighted by atomic mass is 35.5. The Kier molecular flexibility index (Phi) is 5.79. The molecule has 1 unspecified atom stereocenters. The highest BCUT2D eigenvalue weighted by Gasteiger charge is 2.16. The summed E-state index contributed by atoms with van der Waals surface area (Å²) < 4.78 is 29.9. The summed E-state index contributed by atoms with van der Waals surface area (Å²) >= 11 is 7.22. The fourth-order valence-corrected chi connectivity index (χ4v) is 3.04. The number of thiophene rings is 1. The highest BCUT2D eigenvalue weighted by molar-refractivity contribution is 7.16. The van der Waals surface area contributed by atoms with Gasteiger partial charge in [0.1, 0.15) is 5.75 Å². The van der Waals surface area contributed by atoms with Crippen LogP contribution in [0.25, 0.3) is 0 Å². The molecular weight excluding hydrogens is 346 g/mol. The van der Waals surface area contributed by atoms with Gasteiger partial charge in [0, 0.05) is 4.88 Å². The number of ether oxygens (including phenoxy) is 1. The van der Waals surface area contributed by atoms with Gasteiger partial charge in [0.2, 0.25) is 0 Å². The van der Waals surface area contributed by atoms with Crippen molar-refractivity contribution in [3.63, 3.8) is 0 Å². The van der Waals surface area contributed by atoms with Gasteiger partial charge in [-0.1, -0.05) is 23.7 Å². The first kappa shape index (κ1) is 17.5. The van der Waals surface area contributed by atoms with Crippen LogP contribution >= 0.6 is 22.9 Å². The molecular formula is C15H15ClF2N2O2S. The zero-order valence-corrected chi connectivity index (χ0v) is 14.0. The molecule has 2 rings (SSSR count). The normalized spacial score (nSPS) is 12.1. The number of hydrogen-bond donors (Lipinski definition) is 2. The van der Waals surface area contributed by atoms with E-state index in [1.165, 1.54) is 17.4 Å². The summed E-state index contributed by atoms with van der Waals surface area (Å²) in [7, 11) is 0. The van der Waals surface area contributed by atoms with Crippen LogP contribution in [0.5, 0.6) is 5.75 Å². The number of carbonyl (C=O) groups is 1. The summed E-state index contributed by atoms with van der Waals surface area (Å²) in [6.07, 6.45) is 0. The number of halogens is 3. The van der Waals surface area contributed by atoms with Gasteiger partial charge in [0.05, 0.1) is 16.1 Å². The maximum Gasteiger partial charge on any atom is 0.387 e. The summed E-state index contributed by atoms with van der Waals surface area (Å²) in [6.45, 7) is 0.527. The van der Waals surface area contributed by atoms with Crippen LogP contribution in [-0.4, -0.2) is 12.6 Å². The summed E-state index contributed by atoms with van der Waals surface area (Å²) in [6, 6.07) is 7.41. The zero-order chi connectivity index (χ0) is 17.0. The molecule has 4 nitrogen and oxygen atoms in total. The van der Waals surface area contributed by atoms with Crippen molar-refractivity contribution in [2.75, 3.05) is 5.32 Å². The number of aryl methyl sites for hydroxylation is 1. The van der Waals surface area contributed by atoms with E-state index in [1.54, 1.807) is 32.0 Å². The van der Waals surface area contributed by atoms with Crippen LogP contribution in [0.15, 0.2) is 30.3 Å². The third-order valence-corrected chi connectivity index (χ3v) is 4.47. The average Bonchev–Trinajstić information content (AvgIpc) is 2.89. The van der Waals surface area contributed by atoms with Crippen molar-refractivity contribution in [2.45, 2.75) is 26.5 Å². The Balaban J connectivity index is 2.08. The topological polar surface area (TPSA) is 50.4 Å². The van der Waals surface area contributed by atoms with Crippen LogP contribution in [-0.2, 0) is 0 Å². The first-order chi connectivity index (χ1) is 10.9. The Morgan fingerprint density at radius 3 is 2.65 bits per heavy atom. The SMILES string of the molecule is Cc1cccc(OC(F)F)c1NC(=O)NC(C)c1ccc(Cl)s1. The minimum atomic E-state index is -2.97.